The van der Waals surface area contributed by atoms with Gasteiger partial charge < -0.3 is 9.50 Å². The van der Waals surface area contributed by atoms with E-state index in [1.165, 1.54) is 78.1 Å². The van der Waals surface area contributed by atoms with E-state index in [-0.39, 0.29) is 14.7 Å². The van der Waals surface area contributed by atoms with E-state index in [1.54, 1.807) is 18.2 Å². The third kappa shape index (κ3) is 5.39. The summed E-state index contributed by atoms with van der Waals surface area (Å²) in [6, 6.07) is 25.2. The number of benzene rings is 4. The van der Waals surface area contributed by atoms with Crippen LogP contribution in [-0.4, -0.2) is 29.6 Å². The molecule has 0 heterocycles. The van der Waals surface area contributed by atoms with Gasteiger partial charge in [-0.15, -0.1) is 0 Å². The zero-order valence-corrected chi connectivity index (χ0v) is 21.6. The first-order valence-electron chi connectivity index (χ1n) is 11.8. The molecule has 0 aromatic heterocycles. The molecule has 0 aliphatic rings. The maximum Gasteiger partial charge on any atom is 0.412 e. The SMILES string of the molecule is O=C(Nc1ccc(F)cc1)C(F)(F)C(F)(F)C(F)(F)C(=O)OS(c1ccccc1)(c1ccccc1)c1ccccc1. The molecule has 0 aliphatic heterocycles. The smallest absolute Gasteiger partial charge is 0.397 e. The zero-order chi connectivity index (χ0) is 29.9. The summed E-state index contributed by atoms with van der Waals surface area (Å²) < 4.78 is 108. The Morgan fingerprint density at radius 1 is 0.585 bits per heavy atom. The average molecular weight is 596 g/mol. The quantitative estimate of drug-likeness (QED) is 0.199. The largest absolute Gasteiger partial charge is 0.412 e. The summed E-state index contributed by atoms with van der Waals surface area (Å²) in [6.45, 7) is 0. The maximum absolute atomic E-state index is 15.2. The first-order valence-corrected chi connectivity index (χ1v) is 13.3. The van der Waals surface area contributed by atoms with Crippen LogP contribution in [0, 0.1) is 5.82 Å². The number of halogens is 7. The second-order valence-corrected chi connectivity index (χ2v) is 11.2. The highest BCUT2D eigenvalue weighted by atomic mass is 32.3. The van der Waals surface area contributed by atoms with Gasteiger partial charge in [-0.05, 0) is 71.0 Å². The van der Waals surface area contributed by atoms with Crippen molar-refractivity contribution in [3.05, 3.63) is 121 Å². The summed E-state index contributed by atoms with van der Waals surface area (Å²) in [7, 11) is -3.54. The standard InChI is InChI=1S/C29H20F7NO3S/c30-20-16-18-21(19-17-20)37-25(38)27(31,32)29(35,36)28(33,34)26(39)40-41(22-10-4-1-5-11-22,23-12-6-2-7-13-23)24-14-8-3-9-15-24/h1-19H,(H,37,38). The van der Waals surface area contributed by atoms with Gasteiger partial charge in [0.05, 0.1) is 0 Å². The molecule has 0 bridgehead atoms. The number of hydrogen-bond donors (Lipinski definition) is 1. The monoisotopic (exact) mass is 595 g/mol. The van der Waals surface area contributed by atoms with Gasteiger partial charge >= 0.3 is 29.6 Å². The van der Waals surface area contributed by atoms with E-state index in [9.17, 15) is 31.5 Å². The number of alkyl halides is 6. The predicted octanol–water partition coefficient (Wildman–Crippen LogP) is 8.11. The number of anilines is 1. The van der Waals surface area contributed by atoms with Crippen LogP contribution >= 0.6 is 10.3 Å². The molecule has 0 fully saturated rings. The minimum absolute atomic E-state index is 0.130. The van der Waals surface area contributed by atoms with Crippen molar-refractivity contribution in [1.29, 1.82) is 0 Å². The van der Waals surface area contributed by atoms with E-state index < -0.39 is 51.5 Å². The maximum atomic E-state index is 15.2. The lowest BCUT2D eigenvalue weighted by Gasteiger charge is -2.41. The van der Waals surface area contributed by atoms with E-state index in [0.29, 0.717) is 0 Å². The Labute approximate surface area is 231 Å². The molecule has 0 spiro atoms. The Hall–Kier alpha value is -4.32. The lowest BCUT2D eigenvalue weighted by atomic mass is 10.0. The Balaban J connectivity index is 1.77. The fourth-order valence-corrected chi connectivity index (χ4v) is 6.82. The first-order chi connectivity index (χ1) is 19.3. The molecule has 0 saturated heterocycles. The molecule has 4 nitrogen and oxygen atoms in total. The minimum atomic E-state index is -6.55. The fourth-order valence-electron chi connectivity index (χ4n) is 3.77. The Kier molecular flexibility index (Phi) is 8.16. The van der Waals surface area contributed by atoms with E-state index >= 15 is 8.78 Å². The molecule has 0 saturated carbocycles. The van der Waals surface area contributed by atoms with Crippen molar-refractivity contribution in [2.24, 2.45) is 0 Å². The molecule has 41 heavy (non-hydrogen) atoms. The first kappa shape index (κ1) is 29.7. The van der Waals surface area contributed by atoms with E-state index in [1.807, 2.05) is 0 Å². The Morgan fingerprint density at radius 2 is 0.976 bits per heavy atom. The number of nitrogens with one attached hydrogen (secondary N) is 1. The molecule has 1 amide bonds. The summed E-state index contributed by atoms with van der Waals surface area (Å²) in [5, 5.41) is 1.34. The van der Waals surface area contributed by atoms with Gasteiger partial charge in [-0.1, -0.05) is 54.6 Å². The van der Waals surface area contributed by atoms with Crippen molar-refractivity contribution < 1.29 is 44.5 Å². The Morgan fingerprint density at radius 3 is 1.37 bits per heavy atom. The summed E-state index contributed by atoms with van der Waals surface area (Å²) in [5.74, 6) is -25.5. The second kappa shape index (κ2) is 11.3. The summed E-state index contributed by atoms with van der Waals surface area (Å²) >= 11 is 0. The number of carbonyl (C=O) groups excluding carboxylic acids is 2. The van der Waals surface area contributed by atoms with Crippen LogP contribution in [0.4, 0.5) is 36.4 Å². The zero-order valence-electron chi connectivity index (χ0n) is 20.7. The molecule has 214 valence electrons. The van der Waals surface area contributed by atoms with Crippen molar-refractivity contribution >= 4 is 27.9 Å². The van der Waals surface area contributed by atoms with Gasteiger partial charge in [-0.25, -0.2) is 9.18 Å². The molecule has 1 N–H and O–H groups in total. The topological polar surface area (TPSA) is 55.4 Å². The molecule has 0 unspecified atom stereocenters. The van der Waals surface area contributed by atoms with Gasteiger partial charge in [0, 0.05) is 20.4 Å². The van der Waals surface area contributed by atoms with Crippen molar-refractivity contribution in [2.75, 3.05) is 5.32 Å². The normalized spacial score (nSPS) is 12.9. The highest BCUT2D eigenvalue weighted by Crippen LogP contribution is 2.69. The molecular formula is C29H20F7NO3S. The second-order valence-electron chi connectivity index (χ2n) is 8.55. The minimum Gasteiger partial charge on any atom is -0.397 e. The summed E-state index contributed by atoms with van der Waals surface area (Å²) in [6.07, 6.45) is 0. The van der Waals surface area contributed by atoms with E-state index in [4.69, 9.17) is 4.18 Å². The molecule has 0 atom stereocenters. The molecule has 0 aliphatic carbocycles. The number of amides is 1. The van der Waals surface area contributed by atoms with Crippen molar-refractivity contribution in [3.8, 4) is 0 Å². The van der Waals surface area contributed by atoms with Gasteiger partial charge in [-0.3, -0.25) is 4.79 Å². The van der Waals surface area contributed by atoms with Gasteiger partial charge in [0.15, 0.2) is 0 Å². The van der Waals surface area contributed by atoms with Crippen molar-refractivity contribution in [3.63, 3.8) is 0 Å². The van der Waals surface area contributed by atoms with Crippen LogP contribution in [-0.2, 0) is 13.8 Å². The van der Waals surface area contributed by atoms with Gasteiger partial charge in [0.2, 0.25) is 0 Å². The lowest BCUT2D eigenvalue weighted by Crippen LogP contribution is -2.62. The third-order valence-corrected chi connectivity index (χ3v) is 9.07. The van der Waals surface area contributed by atoms with E-state index in [0.717, 1.165) is 24.3 Å². The van der Waals surface area contributed by atoms with Crippen LogP contribution in [0.3, 0.4) is 0 Å². The third-order valence-electron chi connectivity index (χ3n) is 5.86. The van der Waals surface area contributed by atoms with Crippen LogP contribution in [0.5, 0.6) is 0 Å². The van der Waals surface area contributed by atoms with Crippen molar-refractivity contribution in [1.82, 2.24) is 0 Å². The number of carbonyl (C=O) groups is 2. The molecule has 4 rings (SSSR count). The molecule has 12 heteroatoms. The average Bonchev–Trinajstić information content (AvgIpc) is 2.98. The van der Waals surface area contributed by atoms with Crippen LogP contribution < -0.4 is 5.32 Å². The van der Waals surface area contributed by atoms with Crippen LogP contribution in [0.1, 0.15) is 0 Å². The van der Waals surface area contributed by atoms with Crippen molar-refractivity contribution in [2.45, 2.75) is 32.5 Å². The summed E-state index contributed by atoms with van der Waals surface area (Å²) in [5.41, 5.74) is -0.571. The van der Waals surface area contributed by atoms with Gasteiger partial charge in [-0.2, -0.15) is 26.3 Å². The lowest BCUT2D eigenvalue weighted by molar-refractivity contribution is -0.290. The number of rotatable bonds is 9. The predicted molar refractivity (Wildman–Crippen MR) is 138 cm³/mol. The summed E-state index contributed by atoms with van der Waals surface area (Å²) in [4.78, 5) is 25.4. The molecular weight excluding hydrogens is 575 g/mol. The van der Waals surface area contributed by atoms with Crippen LogP contribution in [0.15, 0.2) is 130 Å². The highest BCUT2D eigenvalue weighted by molar-refractivity contribution is 8.30. The molecule has 4 aromatic carbocycles. The fraction of sp³-hybridized carbons (Fsp3) is 0.103. The van der Waals surface area contributed by atoms with Gasteiger partial charge in [0.1, 0.15) is 5.82 Å². The highest BCUT2D eigenvalue weighted by Gasteiger charge is 2.79. The van der Waals surface area contributed by atoms with Crippen LogP contribution in [0.25, 0.3) is 0 Å². The van der Waals surface area contributed by atoms with E-state index in [2.05, 4.69) is 0 Å². The molecule has 4 aromatic rings. The Bertz CT molecular complexity index is 1410. The van der Waals surface area contributed by atoms with Gasteiger partial charge in [0.25, 0.3) is 0 Å². The molecule has 0 radical (unpaired) electrons. The van der Waals surface area contributed by atoms with Crippen LogP contribution in [0.2, 0.25) is 0 Å². The number of hydrogen-bond acceptors (Lipinski definition) is 3.